The third kappa shape index (κ3) is 3.33. The first-order valence-electron chi connectivity index (χ1n) is 8.21. The molecule has 119 valence electrons. The van der Waals surface area contributed by atoms with Crippen molar-refractivity contribution in [3.05, 3.63) is 18.3 Å². The van der Waals surface area contributed by atoms with Crippen LogP contribution >= 0.6 is 0 Å². The molecular formula is C18H29O3. The summed E-state index contributed by atoms with van der Waals surface area (Å²) in [6.45, 7) is 10.0. The van der Waals surface area contributed by atoms with Gasteiger partial charge >= 0.3 is 5.97 Å². The monoisotopic (exact) mass is 293 g/mol. The quantitative estimate of drug-likeness (QED) is 0.629. The Morgan fingerprint density at radius 1 is 1.33 bits per heavy atom. The number of aliphatic hydroxyl groups excluding tert-OH is 1. The zero-order chi connectivity index (χ0) is 15.8. The second kappa shape index (κ2) is 6.12. The lowest BCUT2D eigenvalue weighted by molar-refractivity contribution is -0.168. The predicted octanol–water partition coefficient (Wildman–Crippen LogP) is 4.11. The maximum absolute atomic E-state index is 12.4. The maximum Gasteiger partial charge on any atom is 0.311 e. The fourth-order valence-electron chi connectivity index (χ4n) is 3.41. The van der Waals surface area contributed by atoms with Gasteiger partial charge in [0, 0.05) is 11.8 Å². The standard InChI is InChI=1S/C18H29O3/c1-6-18(4,5)17(20)21-14-10-11(2)9-13-8-7-12(3)16(19)15(13)14/h7-8,11-15,19H,6,9-10H2,1-5H3/t11-,12+,13?,14+,15-/m1/s1. The lowest BCUT2D eigenvalue weighted by Crippen LogP contribution is -2.46. The molecule has 0 saturated heterocycles. The van der Waals surface area contributed by atoms with E-state index in [1.165, 1.54) is 0 Å². The second-order valence-corrected chi connectivity index (χ2v) is 7.55. The van der Waals surface area contributed by atoms with Gasteiger partial charge in [-0.15, -0.1) is 0 Å². The average Bonchev–Trinajstić information content (AvgIpc) is 2.42. The molecule has 1 radical (unpaired) electrons. The van der Waals surface area contributed by atoms with Gasteiger partial charge < -0.3 is 9.84 Å². The molecule has 0 aromatic rings. The number of carbonyl (C=O) groups excluding carboxylic acids is 1. The molecule has 1 N–H and O–H groups in total. The maximum atomic E-state index is 12.4. The molecule has 1 saturated carbocycles. The Bertz CT molecular complexity index is 413. The van der Waals surface area contributed by atoms with Crippen LogP contribution < -0.4 is 0 Å². The van der Waals surface area contributed by atoms with E-state index in [1.807, 2.05) is 27.7 Å². The highest BCUT2D eigenvalue weighted by Crippen LogP contribution is 2.46. The molecule has 2 aliphatic carbocycles. The molecule has 3 nitrogen and oxygen atoms in total. The Balaban J connectivity index is 2.17. The van der Waals surface area contributed by atoms with E-state index in [-0.39, 0.29) is 23.9 Å². The van der Waals surface area contributed by atoms with Crippen LogP contribution in [0.2, 0.25) is 0 Å². The molecule has 1 fully saturated rings. The molecule has 0 bridgehead atoms. The number of fused-ring (bicyclic) bond motifs is 1. The lowest BCUT2D eigenvalue weighted by atomic mass is 9.65. The molecule has 0 aromatic carbocycles. The van der Waals surface area contributed by atoms with Crippen LogP contribution in [0, 0.1) is 35.2 Å². The van der Waals surface area contributed by atoms with E-state index < -0.39 is 5.41 Å². The molecule has 0 amide bonds. The number of carbonyl (C=O) groups is 1. The third-order valence-corrected chi connectivity index (χ3v) is 5.32. The molecule has 21 heavy (non-hydrogen) atoms. The third-order valence-electron chi connectivity index (χ3n) is 5.32. The van der Waals surface area contributed by atoms with E-state index in [9.17, 15) is 9.90 Å². The molecule has 0 aliphatic heterocycles. The Morgan fingerprint density at radius 2 is 2.00 bits per heavy atom. The fourth-order valence-corrected chi connectivity index (χ4v) is 3.41. The van der Waals surface area contributed by atoms with Crippen molar-refractivity contribution in [2.45, 2.75) is 60.0 Å². The summed E-state index contributed by atoms with van der Waals surface area (Å²) in [4.78, 5) is 12.4. The first kappa shape index (κ1) is 16.5. The van der Waals surface area contributed by atoms with E-state index in [4.69, 9.17) is 4.74 Å². The Hall–Kier alpha value is -0.830. The first-order chi connectivity index (χ1) is 9.76. The first-order valence-corrected chi connectivity index (χ1v) is 8.21. The van der Waals surface area contributed by atoms with Gasteiger partial charge in [0.25, 0.3) is 0 Å². The molecule has 0 heterocycles. The van der Waals surface area contributed by atoms with Crippen LogP contribution in [0.1, 0.15) is 53.9 Å². The van der Waals surface area contributed by atoms with Gasteiger partial charge in [-0.1, -0.05) is 32.9 Å². The van der Waals surface area contributed by atoms with Crippen molar-refractivity contribution in [1.29, 1.82) is 0 Å². The van der Waals surface area contributed by atoms with E-state index >= 15 is 0 Å². The number of ether oxygens (including phenoxy) is 1. The molecule has 0 spiro atoms. The molecule has 2 rings (SSSR count). The smallest absolute Gasteiger partial charge is 0.311 e. The predicted molar refractivity (Wildman–Crippen MR) is 82.8 cm³/mol. The van der Waals surface area contributed by atoms with Gasteiger partial charge in [-0.05, 0) is 44.9 Å². The van der Waals surface area contributed by atoms with Crippen molar-refractivity contribution in [3.63, 3.8) is 0 Å². The van der Waals surface area contributed by atoms with Crippen LogP contribution in [0.5, 0.6) is 0 Å². The van der Waals surface area contributed by atoms with Gasteiger partial charge in [0.05, 0.1) is 5.41 Å². The number of allylic oxidation sites excluding steroid dienone is 1. The summed E-state index contributed by atoms with van der Waals surface area (Å²) in [6, 6.07) is 0. The van der Waals surface area contributed by atoms with E-state index in [0.29, 0.717) is 17.9 Å². The van der Waals surface area contributed by atoms with Crippen molar-refractivity contribution in [3.8, 4) is 0 Å². The Kier molecular flexibility index (Phi) is 4.82. The van der Waals surface area contributed by atoms with Gasteiger partial charge in [-0.3, -0.25) is 4.79 Å². The van der Waals surface area contributed by atoms with Crippen molar-refractivity contribution in [1.82, 2.24) is 0 Å². The molecule has 5 atom stereocenters. The van der Waals surface area contributed by atoms with Gasteiger partial charge in [-0.2, -0.15) is 0 Å². The highest BCUT2D eigenvalue weighted by atomic mass is 16.5. The minimum atomic E-state index is -0.456. The van der Waals surface area contributed by atoms with Crippen molar-refractivity contribution in [2.24, 2.45) is 29.1 Å². The van der Waals surface area contributed by atoms with Crippen LogP contribution in [0.3, 0.4) is 0 Å². The number of rotatable bonds is 3. The van der Waals surface area contributed by atoms with Crippen molar-refractivity contribution < 1.29 is 14.6 Å². The second-order valence-electron chi connectivity index (χ2n) is 7.55. The van der Waals surface area contributed by atoms with Gasteiger partial charge in [0.1, 0.15) is 12.2 Å². The summed E-state index contributed by atoms with van der Waals surface area (Å²) in [6.07, 6.45) is 7.24. The summed E-state index contributed by atoms with van der Waals surface area (Å²) in [5.41, 5.74) is -0.456. The van der Waals surface area contributed by atoms with Crippen molar-refractivity contribution >= 4 is 5.97 Å². The number of esters is 1. The minimum absolute atomic E-state index is 0.0298. The highest BCUT2D eigenvalue weighted by Gasteiger charge is 2.46. The SMILES string of the molecule is CCC(C)(C)C(=O)O[C@H]1C[C@H](C)CC2C=C[C@H](C)[C](O)[C@H]21. The minimum Gasteiger partial charge on any atom is -0.462 e. The molecule has 3 heteroatoms. The van der Waals surface area contributed by atoms with Crippen molar-refractivity contribution in [2.75, 3.05) is 0 Å². The van der Waals surface area contributed by atoms with Crippen LogP contribution in [0.15, 0.2) is 12.2 Å². The molecular weight excluding hydrogens is 264 g/mol. The summed E-state index contributed by atoms with van der Waals surface area (Å²) in [5, 5.41) is 10.5. The topological polar surface area (TPSA) is 46.5 Å². The summed E-state index contributed by atoms with van der Waals surface area (Å²) < 4.78 is 5.85. The van der Waals surface area contributed by atoms with Gasteiger partial charge in [0.2, 0.25) is 0 Å². The van der Waals surface area contributed by atoms with Crippen LogP contribution in [-0.4, -0.2) is 17.2 Å². The average molecular weight is 293 g/mol. The summed E-state index contributed by atoms with van der Waals surface area (Å²) >= 11 is 0. The lowest BCUT2D eigenvalue weighted by Gasteiger charge is -2.45. The number of aliphatic hydroxyl groups is 1. The summed E-state index contributed by atoms with van der Waals surface area (Å²) in [7, 11) is 0. The summed E-state index contributed by atoms with van der Waals surface area (Å²) in [5.74, 6) is 0.697. The van der Waals surface area contributed by atoms with Crippen LogP contribution in [0.4, 0.5) is 0 Å². The van der Waals surface area contributed by atoms with Gasteiger partial charge in [-0.25, -0.2) is 0 Å². The van der Waals surface area contributed by atoms with E-state index in [0.717, 1.165) is 19.3 Å². The number of hydrogen-bond acceptors (Lipinski definition) is 3. The highest BCUT2D eigenvalue weighted by molar-refractivity contribution is 5.76. The van der Waals surface area contributed by atoms with E-state index in [2.05, 4.69) is 19.1 Å². The molecule has 0 aromatic heterocycles. The van der Waals surface area contributed by atoms with Crippen LogP contribution in [0.25, 0.3) is 0 Å². The Labute approximate surface area is 128 Å². The van der Waals surface area contributed by atoms with Gasteiger partial charge in [0.15, 0.2) is 0 Å². The largest absolute Gasteiger partial charge is 0.462 e. The normalized spacial score (nSPS) is 37.1. The zero-order valence-electron chi connectivity index (χ0n) is 13.9. The Morgan fingerprint density at radius 3 is 2.62 bits per heavy atom. The molecule has 1 unspecified atom stereocenters. The number of hydrogen-bond donors (Lipinski definition) is 1. The fraction of sp³-hybridized carbons (Fsp3) is 0.778. The van der Waals surface area contributed by atoms with Crippen LogP contribution in [-0.2, 0) is 9.53 Å². The molecule has 2 aliphatic rings. The zero-order valence-corrected chi connectivity index (χ0v) is 13.9. The van der Waals surface area contributed by atoms with E-state index in [1.54, 1.807) is 0 Å².